The van der Waals surface area contributed by atoms with Crippen molar-refractivity contribution in [3.05, 3.63) is 33.9 Å². The number of rotatable bonds is 4. The van der Waals surface area contributed by atoms with E-state index in [1.807, 2.05) is 32.6 Å². The molecule has 2 rings (SSSR count). The number of aryl methyl sites for hydroxylation is 1. The molecule has 1 aliphatic heterocycles. The van der Waals surface area contributed by atoms with Crippen molar-refractivity contribution in [1.29, 1.82) is 0 Å². The van der Waals surface area contributed by atoms with Crippen LogP contribution in [0.15, 0.2) is 18.2 Å². The van der Waals surface area contributed by atoms with E-state index in [4.69, 9.17) is 4.74 Å². The van der Waals surface area contributed by atoms with Crippen LogP contribution in [0.2, 0.25) is 0 Å². The molecule has 0 radical (unpaired) electrons. The summed E-state index contributed by atoms with van der Waals surface area (Å²) >= 11 is 0. The molecule has 1 N–H and O–H groups in total. The van der Waals surface area contributed by atoms with Gasteiger partial charge >= 0.3 is 6.09 Å². The summed E-state index contributed by atoms with van der Waals surface area (Å²) in [6.07, 6.45) is 0.153. The van der Waals surface area contributed by atoms with Gasteiger partial charge in [0.15, 0.2) is 0 Å². The smallest absolute Gasteiger partial charge is 0.410 e. The molecule has 0 aromatic heterocycles. The molecule has 1 heterocycles. The summed E-state index contributed by atoms with van der Waals surface area (Å²) in [4.78, 5) is 26.6. The van der Waals surface area contributed by atoms with E-state index in [1.165, 1.54) is 6.07 Å². The van der Waals surface area contributed by atoms with Gasteiger partial charge < -0.3 is 19.6 Å². The third-order valence-electron chi connectivity index (χ3n) is 4.32. The molecule has 144 valence electrons. The number of aliphatic hydroxyl groups is 1. The first kappa shape index (κ1) is 20.0. The Morgan fingerprint density at radius 2 is 2.08 bits per heavy atom. The lowest BCUT2D eigenvalue weighted by Crippen LogP contribution is -2.57. The van der Waals surface area contributed by atoms with Crippen molar-refractivity contribution in [3.8, 4) is 0 Å². The van der Waals surface area contributed by atoms with E-state index in [0.717, 1.165) is 5.69 Å². The predicted molar refractivity (Wildman–Crippen MR) is 98.5 cm³/mol. The van der Waals surface area contributed by atoms with Gasteiger partial charge in [0.25, 0.3) is 5.69 Å². The summed E-state index contributed by atoms with van der Waals surface area (Å²) in [5.74, 6) is 0. The monoisotopic (exact) mass is 365 g/mol. The summed E-state index contributed by atoms with van der Waals surface area (Å²) in [7, 11) is 0. The van der Waals surface area contributed by atoms with Crippen molar-refractivity contribution in [3.63, 3.8) is 0 Å². The van der Waals surface area contributed by atoms with Crippen LogP contribution in [0.25, 0.3) is 0 Å². The number of nitro benzene ring substituents is 1. The fourth-order valence-electron chi connectivity index (χ4n) is 3.06. The van der Waals surface area contributed by atoms with E-state index in [0.29, 0.717) is 31.6 Å². The third-order valence-corrected chi connectivity index (χ3v) is 4.32. The Morgan fingerprint density at radius 3 is 2.62 bits per heavy atom. The minimum atomic E-state index is -0.572. The number of nitrogens with zero attached hydrogens (tertiary/aromatic N) is 3. The van der Waals surface area contributed by atoms with Crippen molar-refractivity contribution in [2.24, 2.45) is 0 Å². The lowest BCUT2D eigenvalue weighted by molar-refractivity contribution is -0.385. The fraction of sp³-hybridized carbons (Fsp3) is 0.611. The zero-order chi connectivity index (χ0) is 19.5. The molecule has 0 unspecified atom stereocenters. The Morgan fingerprint density at radius 1 is 1.38 bits per heavy atom. The second-order valence-electron chi connectivity index (χ2n) is 7.38. The van der Waals surface area contributed by atoms with Gasteiger partial charge in [0.05, 0.1) is 17.6 Å². The molecule has 1 aromatic rings. The first-order valence-electron chi connectivity index (χ1n) is 8.79. The van der Waals surface area contributed by atoms with E-state index >= 15 is 0 Å². The van der Waals surface area contributed by atoms with Crippen LogP contribution in [0.5, 0.6) is 0 Å². The van der Waals surface area contributed by atoms with E-state index in [1.54, 1.807) is 17.0 Å². The highest BCUT2D eigenvalue weighted by Gasteiger charge is 2.32. The van der Waals surface area contributed by atoms with Crippen LogP contribution in [0.3, 0.4) is 0 Å². The summed E-state index contributed by atoms with van der Waals surface area (Å²) in [5, 5.41) is 20.9. The van der Waals surface area contributed by atoms with Gasteiger partial charge in [-0.25, -0.2) is 4.79 Å². The molecule has 1 atom stereocenters. The van der Waals surface area contributed by atoms with Crippen molar-refractivity contribution >= 4 is 17.5 Å². The van der Waals surface area contributed by atoms with Crippen LogP contribution in [-0.2, 0) is 11.2 Å². The second-order valence-corrected chi connectivity index (χ2v) is 7.38. The number of amides is 1. The van der Waals surface area contributed by atoms with Gasteiger partial charge in [-0.3, -0.25) is 10.1 Å². The molecule has 0 spiro atoms. The summed E-state index contributed by atoms with van der Waals surface area (Å²) in [6, 6.07) is 4.71. The van der Waals surface area contributed by atoms with Crippen LogP contribution in [0.4, 0.5) is 16.2 Å². The molecule has 1 saturated heterocycles. The molecular formula is C18H27N3O5. The highest BCUT2D eigenvalue weighted by Crippen LogP contribution is 2.28. The lowest BCUT2D eigenvalue weighted by atomic mass is 10.1. The Balaban J connectivity index is 2.17. The Hall–Kier alpha value is -2.35. The topological polar surface area (TPSA) is 96.2 Å². The van der Waals surface area contributed by atoms with Crippen LogP contribution in [0.1, 0.15) is 33.3 Å². The molecule has 26 heavy (non-hydrogen) atoms. The highest BCUT2D eigenvalue weighted by atomic mass is 16.6. The Kier molecular flexibility index (Phi) is 6.07. The number of benzene rings is 1. The quantitative estimate of drug-likeness (QED) is 0.651. The van der Waals surface area contributed by atoms with Gasteiger partial charge in [-0.2, -0.15) is 0 Å². The number of piperazine rings is 1. The van der Waals surface area contributed by atoms with Crippen LogP contribution < -0.4 is 4.90 Å². The third kappa shape index (κ3) is 4.63. The number of ether oxygens (including phenoxy) is 1. The standard InChI is InChI=1S/C18H27N3O5/c1-5-13-10-14(6-7-16(13)21(24)25)20-9-8-19(11-15(20)12-22)17(23)26-18(2,3)4/h6-7,10,15,22H,5,8-9,11-12H2,1-4H3/t15-/m1/s1. The minimum absolute atomic E-state index is 0.101. The number of carbonyl (C=O) groups is 1. The summed E-state index contributed by atoms with van der Waals surface area (Å²) in [6.45, 7) is 8.50. The lowest BCUT2D eigenvalue weighted by Gasteiger charge is -2.42. The van der Waals surface area contributed by atoms with Gasteiger partial charge in [-0.05, 0) is 39.3 Å². The van der Waals surface area contributed by atoms with Crippen LogP contribution in [-0.4, -0.2) is 58.9 Å². The summed E-state index contributed by atoms with van der Waals surface area (Å²) < 4.78 is 5.40. The molecule has 1 aromatic carbocycles. The highest BCUT2D eigenvalue weighted by molar-refractivity contribution is 5.69. The largest absolute Gasteiger partial charge is 0.444 e. The van der Waals surface area contributed by atoms with E-state index in [2.05, 4.69) is 0 Å². The van der Waals surface area contributed by atoms with E-state index in [9.17, 15) is 20.0 Å². The number of hydrogen-bond donors (Lipinski definition) is 1. The molecule has 8 nitrogen and oxygen atoms in total. The molecular weight excluding hydrogens is 338 g/mol. The normalized spacial score (nSPS) is 18.0. The number of nitro groups is 1. The van der Waals surface area contributed by atoms with Gasteiger partial charge in [-0.1, -0.05) is 6.92 Å². The average Bonchev–Trinajstić information content (AvgIpc) is 2.58. The maximum absolute atomic E-state index is 12.3. The second kappa shape index (κ2) is 7.90. The maximum Gasteiger partial charge on any atom is 0.410 e. The zero-order valence-corrected chi connectivity index (χ0v) is 15.8. The number of carbonyl (C=O) groups excluding carboxylic acids is 1. The van der Waals surface area contributed by atoms with Gasteiger partial charge in [0.2, 0.25) is 0 Å². The van der Waals surface area contributed by atoms with E-state index in [-0.39, 0.29) is 23.3 Å². The first-order valence-corrected chi connectivity index (χ1v) is 8.79. The molecule has 8 heteroatoms. The molecule has 1 aliphatic rings. The Labute approximate surface area is 153 Å². The van der Waals surface area contributed by atoms with E-state index < -0.39 is 11.7 Å². The predicted octanol–water partition coefficient (Wildman–Crippen LogP) is 2.58. The fourth-order valence-corrected chi connectivity index (χ4v) is 3.06. The number of aliphatic hydroxyl groups excluding tert-OH is 1. The molecule has 0 aliphatic carbocycles. The van der Waals surface area contributed by atoms with Crippen LogP contribution in [0, 0.1) is 10.1 Å². The maximum atomic E-state index is 12.3. The molecule has 1 amide bonds. The van der Waals surface area contributed by atoms with Crippen molar-refractivity contribution < 1.29 is 19.6 Å². The average molecular weight is 365 g/mol. The summed E-state index contributed by atoms with van der Waals surface area (Å²) in [5.41, 5.74) is 0.996. The van der Waals surface area contributed by atoms with Crippen molar-refractivity contribution in [1.82, 2.24) is 4.90 Å². The molecule has 0 bridgehead atoms. The molecule has 0 saturated carbocycles. The van der Waals surface area contributed by atoms with Crippen LogP contribution >= 0.6 is 0 Å². The van der Waals surface area contributed by atoms with Crippen molar-refractivity contribution in [2.75, 3.05) is 31.1 Å². The van der Waals surface area contributed by atoms with Gasteiger partial charge in [0.1, 0.15) is 5.60 Å². The number of anilines is 1. The van der Waals surface area contributed by atoms with Gasteiger partial charge in [-0.15, -0.1) is 0 Å². The number of hydrogen-bond acceptors (Lipinski definition) is 6. The Bertz CT molecular complexity index is 671. The SMILES string of the molecule is CCc1cc(N2CCN(C(=O)OC(C)(C)C)C[C@@H]2CO)ccc1[N+](=O)[O-]. The minimum Gasteiger partial charge on any atom is -0.444 e. The zero-order valence-electron chi connectivity index (χ0n) is 15.8. The van der Waals surface area contributed by atoms with Gasteiger partial charge in [0, 0.05) is 37.0 Å². The van der Waals surface area contributed by atoms with Crippen molar-refractivity contribution in [2.45, 2.75) is 45.8 Å². The first-order chi connectivity index (χ1) is 12.2. The molecule has 1 fully saturated rings.